The summed E-state index contributed by atoms with van der Waals surface area (Å²) in [5, 5.41) is 9.48. The van der Waals surface area contributed by atoms with Crippen molar-refractivity contribution < 1.29 is 9.90 Å². The summed E-state index contributed by atoms with van der Waals surface area (Å²) < 4.78 is 0. The maximum atomic E-state index is 11.5. The summed E-state index contributed by atoms with van der Waals surface area (Å²) in [5.74, 6) is 0.211. The van der Waals surface area contributed by atoms with Crippen LogP contribution in [0.4, 0.5) is 0 Å². The number of likely N-dealkylation sites (tertiary alicyclic amines) is 1. The highest BCUT2D eigenvalue weighted by molar-refractivity contribution is 5.78. The molecule has 0 spiro atoms. The van der Waals surface area contributed by atoms with Crippen molar-refractivity contribution in [1.29, 1.82) is 0 Å². The van der Waals surface area contributed by atoms with E-state index in [2.05, 4.69) is 11.8 Å². The maximum Gasteiger partial charge on any atom is 0.323 e. The Labute approximate surface area is 104 Å². The van der Waals surface area contributed by atoms with E-state index >= 15 is 0 Å². The lowest BCUT2D eigenvalue weighted by atomic mass is 9.79. The Balaban J connectivity index is 2.01. The lowest BCUT2D eigenvalue weighted by molar-refractivity contribution is -0.155. The topological polar surface area (TPSA) is 40.5 Å². The zero-order chi connectivity index (χ0) is 12.5. The standard InChI is InChI=1S/C14H25NO2/c1-11(10-12-6-5-7-12)15-9-4-3-8-14(15,2)13(16)17/h11-12H,3-10H2,1-2H3,(H,16,17). The van der Waals surface area contributed by atoms with Crippen LogP contribution in [0.1, 0.15) is 58.8 Å². The van der Waals surface area contributed by atoms with Crippen LogP contribution in [0.2, 0.25) is 0 Å². The van der Waals surface area contributed by atoms with Gasteiger partial charge in [0, 0.05) is 6.04 Å². The first-order chi connectivity index (χ1) is 8.04. The number of rotatable bonds is 4. The normalized spacial score (nSPS) is 33.1. The number of aliphatic carboxylic acids is 1. The fraction of sp³-hybridized carbons (Fsp3) is 0.929. The molecule has 3 nitrogen and oxygen atoms in total. The largest absolute Gasteiger partial charge is 0.480 e. The summed E-state index contributed by atoms with van der Waals surface area (Å²) >= 11 is 0. The molecular weight excluding hydrogens is 214 g/mol. The van der Waals surface area contributed by atoms with E-state index in [-0.39, 0.29) is 0 Å². The van der Waals surface area contributed by atoms with Gasteiger partial charge >= 0.3 is 5.97 Å². The molecule has 98 valence electrons. The van der Waals surface area contributed by atoms with Crippen molar-refractivity contribution in [2.24, 2.45) is 5.92 Å². The van der Waals surface area contributed by atoms with Gasteiger partial charge in [-0.3, -0.25) is 9.69 Å². The van der Waals surface area contributed by atoms with Crippen molar-refractivity contribution in [2.75, 3.05) is 6.54 Å². The van der Waals surface area contributed by atoms with Crippen LogP contribution in [-0.2, 0) is 4.79 Å². The molecule has 2 rings (SSSR count). The Morgan fingerprint density at radius 2 is 2.12 bits per heavy atom. The van der Waals surface area contributed by atoms with Crippen molar-refractivity contribution in [1.82, 2.24) is 4.90 Å². The molecule has 2 fully saturated rings. The predicted octanol–water partition coefficient (Wildman–Crippen LogP) is 2.89. The molecule has 1 saturated heterocycles. The smallest absolute Gasteiger partial charge is 0.323 e. The molecule has 0 amide bonds. The van der Waals surface area contributed by atoms with Crippen molar-refractivity contribution in [3.8, 4) is 0 Å². The second-order valence-electron chi connectivity index (χ2n) is 6.11. The minimum absolute atomic E-state index is 0.418. The first kappa shape index (κ1) is 12.9. The van der Waals surface area contributed by atoms with Crippen molar-refractivity contribution >= 4 is 5.97 Å². The van der Waals surface area contributed by atoms with E-state index in [4.69, 9.17) is 0 Å². The van der Waals surface area contributed by atoms with Crippen LogP contribution < -0.4 is 0 Å². The Hall–Kier alpha value is -0.570. The molecule has 1 saturated carbocycles. The van der Waals surface area contributed by atoms with Gasteiger partial charge in [0.1, 0.15) is 5.54 Å². The first-order valence-electron chi connectivity index (χ1n) is 7.04. The van der Waals surface area contributed by atoms with Gasteiger partial charge in [-0.2, -0.15) is 0 Å². The molecule has 1 heterocycles. The van der Waals surface area contributed by atoms with Gasteiger partial charge in [0.2, 0.25) is 0 Å². The fourth-order valence-electron chi connectivity index (χ4n) is 3.42. The van der Waals surface area contributed by atoms with Gasteiger partial charge in [0.25, 0.3) is 0 Å². The summed E-state index contributed by atoms with van der Waals surface area (Å²) in [4.78, 5) is 13.8. The average Bonchev–Trinajstić information content (AvgIpc) is 2.23. The van der Waals surface area contributed by atoms with Crippen molar-refractivity contribution in [3.05, 3.63) is 0 Å². The first-order valence-corrected chi connectivity index (χ1v) is 7.04. The van der Waals surface area contributed by atoms with E-state index in [1.54, 1.807) is 0 Å². The van der Waals surface area contributed by atoms with E-state index in [9.17, 15) is 9.90 Å². The van der Waals surface area contributed by atoms with E-state index in [0.717, 1.165) is 31.7 Å². The summed E-state index contributed by atoms with van der Waals surface area (Å²) in [7, 11) is 0. The minimum atomic E-state index is -0.641. The lowest BCUT2D eigenvalue weighted by Gasteiger charge is -2.46. The van der Waals surface area contributed by atoms with Crippen LogP contribution in [0.15, 0.2) is 0 Å². The van der Waals surface area contributed by atoms with Gasteiger partial charge in [0.05, 0.1) is 0 Å². The van der Waals surface area contributed by atoms with E-state index in [0.29, 0.717) is 6.04 Å². The Morgan fingerprint density at radius 3 is 2.65 bits per heavy atom. The second kappa shape index (κ2) is 4.97. The van der Waals surface area contributed by atoms with Gasteiger partial charge in [-0.05, 0) is 52.0 Å². The fourth-order valence-corrected chi connectivity index (χ4v) is 3.42. The highest BCUT2D eigenvalue weighted by atomic mass is 16.4. The monoisotopic (exact) mass is 239 g/mol. The molecule has 1 N–H and O–H groups in total. The molecule has 0 aromatic rings. The van der Waals surface area contributed by atoms with Gasteiger partial charge in [-0.1, -0.05) is 19.3 Å². The molecule has 0 bridgehead atoms. The molecule has 2 aliphatic rings. The number of carboxylic acid groups (broad SMARTS) is 1. The molecule has 1 aliphatic heterocycles. The predicted molar refractivity (Wildman–Crippen MR) is 68.0 cm³/mol. The zero-order valence-corrected chi connectivity index (χ0v) is 11.1. The maximum absolute atomic E-state index is 11.5. The van der Waals surface area contributed by atoms with Crippen LogP contribution in [0, 0.1) is 5.92 Å². The third-order valence-corrected chi connectivity index (χ3v) is 4.84. The van der Waals surface area contributed by atoms with Crippen LogP contribution >= 0.6 is 0 Å². The number of carboxylic acids is 1. The molecule has 0 aromatic heterocycles. The van der Waals surface area contributed by atoms with E-state index in [1.165, 1.54) is 25.7 Å². The number of hydrogen-bond acceptors (Lipinski definition) is 2. The summed E-state index contributed by atoms with van der Waals surface area (Å²) in [5.41, 5.74) is -0.624. The zero-order valence-electron chi connectivity index (χ0n) is 11.1. The quantitative estimate of drug-likeness (QED) is 0.820. The van der Waals surface area contributed by atoms with E-state index in [1.807, 2.05) is 6.92 Å². The van der Waals surface area contributed by atoms with Gasteiger partial charge in [-0.25, -0.2) is 0 Å². The molecular formula is C14H25NO2. The average molecular weight is 239 g/mol. The van der Waals surface area contributed by atoms with Crippen LogP contribution in [-0.4, -0.2) is 34.1 Å². The van der Waals surface area contributed by atoms with Gasteiger partial charge in [0.15, 0.2) is 0 Å². The molecule has 17 heavy (non-hydrogen) atoms. The summed E-state index contributed by atoms with van der Waals surface area (Å²) in [6.45, 7) is 5.08. The Kier molecular flexibility index (Phi) is 3.76. The molecule has 2 unspecified atom stereocenters. The number of carbonyl (C=O) groups is 1. The van der Waals surface area contributed by atoms with Crippen molar-refractivity contribution in [2.45, 2.75) is 70.4 Å². The number of nitrogens with zero attached hydrogens (tertiary/aromatic N) is 1. The SMILES string of the molecule is CC(CC1CCC1)N1CCCCC1(C)C(=O)O. The number of piperidine rings is 1. The summed E-state index contributed by atoms with van der Waals surface area (Å²) in [6, 6.07) is 0.418. The number of hydrogen-bond donors (Lipinski definition) is 1. The minimum Gasteiger partial charge on any atom is -0.480 e. The highest BCUT2D eigenvalue weighted by Gasteiger charge is 2.43. The molecule has 3 heteroatoms. The van der Waals surface area contributed by atoms with E-state index < -0.39 is 11.5 Å². The highest BCUT2D eigenvalue weighted by Crippen LogP contribution is 2.36. The Bertz CT molecular complexity index is 288. The second-order valence-corrected chi connectivity index (χ2v) is 6.11. The third kappa shape index (κ3) is 2.49. The van der Waals surface area contributed by atoms with Crippen LogP contribution in [0.25, 0.3) is 0 Å². The molecule has 2 atom stereocenters. The summed E-state index contributed by atoms with van der Waals surface area (Å²) in [6.07, 6.45) is 8.26. The molecule has 1 aliphatic carbocycles. The molecule has 0 aromatic carbocycles. The molecule has 0 radical (unpaired) electrons. The van der Waals surface area contributed by atoms with Gasteiger partial charge < -0.3 is 5.11 Å². The van der Waals surface area contributed by atoms with Crippen LogP contribution in [0.3, 0.4) is 0 Å². The van der Waals surface area contributed by atoms with Crippen LogP contribution in [0.5, 0.6) is 0 Å². The Morgan fingerprint density at radius 1 is 1.41 bits per heavy atom. The van der Waals surface area contributed by atoms with Crippen molar-refractivity contribution in [3.63, 3.8) is 0 Å². The lowest BCUT2D eigenvalue weighted by Crippen LogP contribution is -2.58. The van der Waals surface area contributed by atoms with Gasteiger partial charge in [-0.15, -0.1) is 0 Å². The third-order valence-electron chi connectivity index (χ3n) is 4.84.